The number of morpholine rings is 1. The van der Waals surface area contributed by atoms with Gasteiger partial charge in [-0.05, 0) is 24.1 Å². The fraction of sp³-hybridized carbons (Fsp3) is 0.522. The minimum Gasteiger partial charge on any atom is -0.379 e. The maximum atomic E-state index is 13.3. The predicted molar refractivity (Wildman–Crippen MR) is 119 cm³/mol. The number of para-hydroxylation sites is 1. The van der Waals surface area contributed by atoms with E-state index in [1.165, 1.54) is 11.3 Å². The summed E-state index contributed by atoms with van der Waals surface area (Å²) in [5.74, 6) is 0.798. The summed E-state index contributed by atoms with van der Waals surface area (Å²) < 4.78 is 5.41. The normalized spacial score (nSPS) is 23.7. The first-order chi connectivity index (χ1) is 15.3. The molecule has 0 radical (unpaired) electrons. The highest BCUT2D eigenvalue weighted by atomic mass is 16.5. The number of anilines is 2. The molecule has 2 fully saturated rings. The molecule has 2 saturated heterocycles. The Kier molecular flexibility index (Phi) is 5.99. The van der Waals surface area contributed by atoms with Crippen molar-refractivity contribution in [2.24, 2.45) is 5.92 Å². The van der Waals surface area contributed by atoms with Gasteiger partial charge in [-0.25, -0.2) is 9.97 Å². The van der Waals surface area contributed by atoms with Crippen LogP contribution < -0.4 is 15.1 Å². The Hall–Kier alpha value is -2.71. The smallest absolute Gasteiger partial charge is 0.225 e. The van der Waals surface area contributed by atoms with Gasteiger partial charge < -0.3 is 19.9 Å². The molecular formula is C23H30N6O2. The highest BCUT2D eigenvalue weighted by Gasteiger charge is 2.41. The Labute approximate surface area is 183 Å². The number of fused-ring (bicyclic) bond motifs is 3. The van der Waals surface area contributed by atoms with Crippen molar-refractivity contribution in [3.63, 3.8) is 0 Å². The van der Waals surface area contributed by atoms with Gasteiger partial charge in [-0.3, -0.25) is 9.69 Å². The van der Waals surface area contributed by atoms with Crippen molar-refractivity contribution in [2.75, 3.05) is 68.8 Å². The van der Waals surface area contributed by atoms with Crippen molar-refractivity contribution in [3.8, 4) is 0 Å². The van der Waals surface area contributed by atoms with Crippen LogP contribution in [0, 0.1) is 5.92 Å². The van der Waals surface area contributed by atoms with Gasteiger partial charge in [0.2, 0.25) is 11.9 Å². The Balaban J connectivity index is 1.30. The number of aromatic nitrogens is 2. The number of nitrogens with zero attached hydrogens (tertiary/aromatic N) is 5. The van der Waals surface area contributed by atoms with Crippen molar-refractivity contribution < 1.29 is 9.53 Å². The van der Waals surface area contributed by atoms with E-state index in [2.05, 4.69) is 54.2 Å². The summed E-state index contributed by atoms with van der Waals surface area (Å²) >= 11 is 0. The van der Waals surface area contributed by atoms with Crippen LogP contribution in [0.25, 0.3) is 0 Å². The van der Waals surface area contributed by atoms with E-state index < -0.39 is 0 Å². The van der Waals surface area contributed by atoms with Gasteiger partial charge in [0.1, 0.15) is 0 Å². The van der Waals surface area contributed by atoms with Crippen LogP contribution in [-0.2, 0) is 16.0 Å². The van der Waals surface area contributed by atoms with Gasteiger partial charge >= 0.3 is 0 Å². The zero-order valence-corrected chi connectivity index (χ0v) is 17.8. The number of ether oxygens (including phenoxy) is 1. The number of carbonyl (C=O) groups is 1. The lowest BCUT2D eigenvalue weighted by Gasteiger charge is -2.49. The molecular weight excluding hydrogens is 392 g/mol. The van der Waals surface area contributed by atoms with Crippen molar-refractivity contribution >= 4 is 17.5 Å². The molecule has 164 valence electrons. The van der Waals surface area contributed by atoms with Gasteiger partial charge in [0.05, 0.1) is 25.2 Å². The molecule has 0 saturated carbocycles. The Morgan fingerprint density at radius 1 is 1.06 bits per heavy atom. The molecule has 1 aromatic carbocycles. The van der Waals surface area contributed by atoms with Crippen LogP contribution in [0.1, 0.15) is 5.56 Å². The summed E-state index contributed by atoms with van der Waals surface area (Å²) in [5.41, 5.74) is 2.52. The molecule has 0 spiro atoms. The second-order valence-electron chi connectivity index (χ2n) is 8.44. The minimum atomic E-state index is -0.0916. The lowest BCUT2D eigenvalue weighted by molar-refractivity contribution is -0.125. The quantitative estimate of drug-likeness (QED) is 0.764. The molecule has 1 aromatic heterocycles. The van der Waals surface area contributed by atoms with Crippen molar-refractivity contribution in [2.45, 2.75) is 12.5 Å². The van der Waals surface area contributed by atoms with E-state index in [4.69, 9.17) is 4.74 Å². The van der Waals surface area contributed by atoms with Crippen LogP contribution in [0.5, 0.6) is 0 Å². The Morgan fingerprint density at radius 2 is 1.87 bits per heavy atom. The number of piperazine rings is 1. The first kappa shape index (κ1) is 20.2. The second kappa shape index (κ2) is 9.20. The van der Waals surface area contributed by atoms with E-state index >= 15 is 0 Å². The van der Waals surface area contributed by atoms with Gasteiger partial charge in [-0.15, -0.1) is 0 Å². The number of benzene rings is 1. The van der Waals surface area contributed by atoms with Gasteiger partial charge in [-0.1, -0.05) is 18.2 Å². The van der Waals surface area contributed by atoms with Crippen molar-refractivity contribution in [1.29, 1.82) is 0 Å². The fourth-order valence-electron chi connectivity index (χ4n) is 4.99. The predicted octanol–water partition coefficient (Wildman–Crippen LogP) is 0.793. The van der Waals surface area contributed by atoms with E-state index in [0.717, 1.165) is 64.9 Å². The third kappa shape index (κ3) is 4.36. The second-order valence-corrected chi connectivity index (χ2v) is 8.44. The zero-order valence-electron chi connectivity index (χ0n) is 17.8. The number of nitrogens with one attached hydrogen (secondary N) is 1. The van der Waals surface area contributed by atoms with Gasteiger partial charge in [0, 0.05) is 63.9 Å². The first-order valence-corrected chi connectivity index (χ1v) is 11.2. The molecule has 1 amide bonds. The third-order valence-electron chi connectivity index (χ3n) is 6.63. The Morgan fingerprint density at radius 3 is 2.71 bits per heavy atom. The highest BCUT2D eigenvalue weighted by molar-refractivity contribution is 5.82. The van der Waals surface area contributed by atoms with Crippen LogP contribution in [0.15, 0.2) is 42.7 Å². The molecule has 31 heavy (non-hydrogen) atoms. The number of hydrogen-bond acceptors (Lipinski definition) is 7. The SMILES string of the molecule is O=C(NCCN1CCOCC1)C1Cc2ccccc2N2CCN(c3ncccn3)CC12. The van der Waals surface area contributed by atoms with E-state index in [0.29, 0.717) is 6.54 Å². The molecule has 3 aliphatic heterocycles. The van der Waals surface area contributed by atoms with Crippen LogP contribution in [0.2, 0.25) is 0 Å². The van der Waals surface area contributed by atoms with Crippen LogP contribution in [-0.4, -0.2) is 85.8 Å². The van der Waals surface area contributed by atoms with Crippen molar-refractivity contribution in [3.05, 3.63) is 48.3 Å². The highest BCUT2D eigenvalue weighted by Crippen LogP contribution is 2.36. The Bertz CT molecular complexity index is 889. The van der Waals surface area contributed by atoms with Gasteiger partial charge in [-0.2, -0.15) is 0 Å². The number of rotatable bonds is 5. The summed E-state index contributed by atoms with van der Waals surface area (Å²) in [5, 5.41) is 3.22. The molecule has 8 heteroatoms. The molecule has 4 heterocycles. The minimum absolute atomic E-state index is 0.0916. The molecule has 5 rings (SSSR count). The first-order valence-electron chi connectivity index (χ1n) is 11.2. The van der Waals surface area contributed by atoms with E-state index in [1.54, 1.807) is 12.4 Å². The monoisotopic (exact) mass is 422 g/mol. The molecule has 1 N–H and O–H groups in total. The fourth-order valence-corrected chi connectivity index (χ4v) is 4.99. The molecule has 8 nitrogen and oxygen atoms in total. The average molecular weight is 423 g/mol. The number of hydrogen-bond donors (Lipinski definition) is 1. The zero-order chi connectivity index (χ0) is 21.0. The van der Waals surface area contributed by atoms with Crippen LogP contribution in [0.4, 0.5) is 11.6 Å². The average Bonchev–Trinajstić information content (AvgIpc) is 2.84. The van der Waals surface area contributed by atoms with Gasteiger partial charge in [0.25, 0.3) is 0 Å². The lowest BCUT2D eigenvalue weighted by Crippen LogP contribution is -2.61. The van der Waals surface area contributed by atoms with E-state index in [1.807, 2.05) is 6.07 Å². The maximum Gasteiger partial charge on any atom is 0.225 e. The summed E-state index contributed by atoms with van der Waals surface area (Å²) in [6.07, 6.45) is 4.33. The van der Waals surface area contributed by atoms with Crippen molar-refractivity contribution in [1.82, 2.24) is 20.2 Å². The third-order valence-corrected chi connectivity index (χ3v) is 6.63. The molecule has 3 aliphatic rings. The van der Waals surface area contributed by atoms with Crippen LogP contribution in [0.3, 0.4) is 0 Å². The molecule has 2 unspecified atom stereocenters. The van der Waals surface area contributed by atoms with Crippen LogP contribution >= 0.6 is 0 Å². The topological polar surface area (TPSA) is 73.8 Å². The molecule has 2 atom stereocenters. The maximum absolute atomic E-state index is 13.3. The summed E-state index contributed by atoms with van der Waals surface area (Å²) in [7, 11) is 0. The molecule has 0 bridgehead atoms. The largest absolute Gasteiger partial charge is 0.379 e. The van der Waals surface area contributed by atoms with Gasteiger partial charge in [0.15, 0.2) is 0 Å². The summed E-state index contributed by atoms with van der Waals surface area (Å²) in [6.45, 7) is 7.44. The summed E-state index contributed by atoms with van der Waals surface area (Å²) in [6, 6.07) is 10.4. The molecule has 2 aromatic rings. The number of carbonyl (C=O) groups excluding carboxylic acids is 1. The van der Waals surface area contributed by atoms with E-state index in [9.17, 15) is 4.79 Å². The standard InChI is InChI=1S/C23H30N6O2/c30-22(24-8-9-27-12-14-31-15-13-27)19-16-18-4-1-2-5-20(18)29-11-10-28(17-21(19)29)23-25-6-3-7-26-23/h1-7,19,21H,8-17H2,(H,24,30). The lowest BCUT2D eigenvalue weighted by atomic mass is 9.83. The molecule has 0 aliphatic carbocycles. The number of amides is 1. The summed E-state index contributed by atoms with van der Waals surface area (Å²) in [4.78, 5) is 29.2. The van der Waals surface area contributed by atoms with E-state index in [-0.39, 0.29) is 17.9 Å².